The highest BCUT2D eigenvalue weighted by Gasteiger charge is 2.30. The molecule has 0 atom stereocenters. The maximum atomic E-state index is 12.7. The monoisotopic (exact) mass is 256 g/mol. The highest BCUT2D eigenvalue weighted by atomic mass is 19.4. The van der Waals surface area contributed by atoms with Crippen molar-refractivity contribution in [3.05, 3.63) is 54.3 Å². The van der Waals surface area contributed by atoms with E-state index in [-0.39, 0.29) is 11.6 Å². The molecule has 0 aliphatic carbocycles. The van der Waals surface area contributed by atoms with Gasteiger partial charge in [0.2, 0.25) is 0 Å². The smallest absolute Gasteiger partial charge is 0.406 e. The van der Waals surface area contributed by atoms with Gasteiger partial charge in [-0.25, -0.2) is 4.39 Å². The molecule has 5 heteroatoms. The zero-order valence-electron chi connectivity index (χ0n) is 9.04. The molecule has 0 aromatic heterocycles. The normalized spacial score (nSPS) is 11.3. The second-order valence-corrected chi connectivity index (χ2v) is 3.58. The van der Waals surface area contributed by atoms with Crippen molar-refractivity contribution >= 4 is 0 Å². The Morgan fingerprint density at radius 1 is 0.722 bits per heavy atom. The fourth-order valence-corrected chi connectivity index (χ4v) is 1.49. The van der Waals surface area contributed by atoms with Crippen molar-refractivity contribution in [1.29, 1.82) is 0 Å². The summed E-state index contributed by atoms with van der Waals surface area (Å²) in [6.07, 6.45) is -4.70. The van der Waals surface area contributed by atoms with Gasteiger partial charge in [0.25, 0.3) is 0 Å². The van der Waals surface area contributed by atoms with Crippen molar-refractivity contribution in [2.75, 3.05) is 0 Å². The van der Waals surface area contributed by atoms with E-state index < -0.39 is 6.36 Å². The molecule has 0 N–H and O–H groups in total. The van der Waals surface area contributed by atoms with Crippen LogP contribution >= 0.6 is 0 Å². The van der Waals surface area contributed by atoms with Gasteiger partial charge in [-0.2, -0.15) is 0 Å². The summed E-state index contributed by atoms with van der Waals surface area (Å²) in [6.45, 7) is 0. The zero-order valence-corrected chi connectivity index (χ0v) is 9.04. The van der Waals surface area contributed by atoms with Crippen molar-refractivity contribution in [1.82, 2.24) is 0 Å². The van der Waals surface area contributed by atoms with Crippen LogP contribution in [0.15, 0.2) is 48.5 Å². The van der Waals surface area contributed by atoms with Gasteiger partial charge in [-0.15, -0.1) is 13.2 Å². The highest BCUT2D eigenvalue weighted by molar-refractivity contribution is 5.63. The summed E-state index contributed by atoms with van der Waals surface area (Å²) >= 11 is 0. The lowest BCUT2D eigenvalue weighted by Gasteiger charge is -2.09. The van der Waals surface area contributed by atoms with Crippen LogP contribution in [0.4, 0.5) is 17.6 Å². The van der Waals surface area contributed by atoms with E-state index in [0.29, 0.717) is 5.56 Å². The molecule has 2 aromatic rings. The molecule has 0 radical (unpaired) electrons. The van der Waals surface area contributed by atoms with E-state index in [4.69, 9.17) is 0 Å². The molecule has 18 heavy (non-hydrogen) atoms. The fraction of sp³-hybridized carbons (Fsp3) is 0.0769. The first kappa shape index (κ1) is 12.4. The second kappa shape index (κ2) is 4.68. The molecule has 94 valence electrons. The van der Waals surface area contributed by atoms with E-state index in [1.807, 2.05) is 0 Å². The first-order chi connectivity index (χ1) is 8.44. The van der Waals surface area contributed by atoms with E-state index in [1.165, 1.54) is 36.4 Å². The largest absolute Gasteiger partial charge is 0.573 e. The molecular formula is C13H8F4O. The van der Waals surface area contributed by atoms with E-state index in [2.05, 4.69) is 4.74 Å². The van der Waals surface area contributed by atoms with Gasteiger partial charge in [-0.05, 0) is 35.4 Å². The Morgan fingerprint density at radius 2 is 1.17 bits per heavy atom. The van der Waals surface area contributed by atoms with Crippen LogP contribution in [0.3, 0.4) is 0 Å². The van der Waals surface area contributed by atoms with Crippen molar-refractivity contribution in [2.45, 2.75) is 6.36 Å². The Kier molecular flexibility index (Phi) is 3.23. The van der Waals surface area contributed by atoms with Crippen LogP contribution in [0, 0.1) is 5.82 Å². The van der Waals surface area contributed by atoms with Gasteiger partial charge in [0, 0.05) is 0 Å². The molecule has 0 aliphatic rings. The quantitative estimate of drug-likeness (QED) is 0.724. The van der Waals surface area contributed by atoms with E-state index in [0.717, 1.165) is 5.56 Å². The summed E-state index contributed by atoms with van der Waals surface area (Å²) in [4.78, 5) is 0. The third-order valence-corrected chi connectivity index (χ3v) is 2.27. The van der Waals surface area contributed by atoms with Gasteiger partial charge < -0.3 is 4.74 Å². The van der Waals surface area contributed by atoms with Gasteiger partial charge in [-0.1, -0.05) is 24.3 Å². The summed E-state index contributed by atoms with van der Waals surface area (Å²) in [7, 11) is 0. The lowest BCUT2D eigenvalue weighted by molar-refractivity contribution is -0.274. The number of halogens is 4. The molecule has 0 fully saturated rings. The Labute approximate surface area is 101 Å². The average Bonchev–Trinajstić information content (AvgIpc) is 2.29. The molecule has 2 aromatic carbocycles. The lowest BCUT2D eigenvalue weighted by atomic mass is 10.1. The molecule has 0 bridgehead atoms. The van der Waals surface area contributed by atoms with Crippen LogP contribution in [0.25, 0.3) is 11.1 Å². The number of hydrogen-bond acceptors (Lipinski definition) is 1. The number of benzene rings is 2. The summed E-state index contributed by atoms with van der Waals surface area (Å²) in [5.41, 5.74) is 1.40. The molecule has 2 rings (SSSR count). The molecule has 0 spiro atoms. The third-order valence-electron chi connectivity index (χ3n) is 2.27. The topological polar surface area (TPSA) is 9.23 Å². The van der Waals surface area contributed by atoms with Crippen LogP contribution in [-0.2, 0) is 0 Å². The van der Waals surface area contributed by atoms with E-state index >= 15 is 0 Å². The first-order valence-corrected chi connectivity index (χ1v) is 5.06. The van der Waals surface area contributed by atoms with Crippen LogP contribution in [0.2, 0.25) is 0 Å². The maximum Gasteiger partial charge on any atom is 0.573 e. The van der Waals surface area contributed by atoms with Crippen LogP contribution in [-0.4, -0.2) is 6.36 Å². The maximum absolute atomic E-state index is 12.7. The molecule has 0 aliphatic heterocycles. The standard InChI is InChI=1S/C13H8F4O/c14-11-5-1-9(2-6-11)10-3-7-12(8-4-10)18-13(15,16)17/h1-8H. The molecule has 0 unspecified atom stereocenters. The van der Waals surface area contributed by atoms with E-state index in [9.17, 15) is 17.6 Å². The summed E-state index contributed by atoms with van der Waals surface area (Å²) in [6, 6.07) is 11.1. The van der Waals surface area contributed by atoms with Crippen molar-refractivity contribution in [3.63, 3.8) is 0 Å². The van der Waals surface area contributed by atoms with Crippen LogP contribution in [0.5, 0.6) is 5.75 Å². The minimum atomic E-state index is -4.70. The Morgan fingerprint density at radius 3 is 1.61 bits per heavy atom. The Balaban J connectivity index is 2.20. The van der Waals surface area contributed by atoms with Gasteiger partial charge >= 0.3 is 6.36 Å². The van der Waals surface area contributed by atoms with Crippen molar-refractivity contribution in [2.24, 2.45) is 0 Å². The minimum Gasteiger partial charge on any atom is -0.406 e. The zero-order chi connectivity index (χ0) is 13.2. The van der Waals surface area contributed by atoms with Crippen molar-refractivity contribution < 1.29 is 22.3 Å². The molecular weight excluding hydrogens is 248 g/mol. The van der Waals surface area contributed by atoms with Gasteiger partial charge in [-0.3, -0.25) is 0 Å². The Hall–Kier alpha value is -2.04. The number of rotatable bonds is 2. The highest BCUT2D eigenvalue weighted by Crippen LogP contribution is 2.26. The summed E-state index contributed by atoms with van der Waals surface area (Å²) in [5, 5.41) is 0. The SMILES string of the molecule is Fc1ccc(-c2ccc(OC(F)(F)F)cc2)cc1. The van der Waals surface area contributed by atoms with Gasteiger partial charge in [0.05, 0.1) is 0 Å². The van der Waals surface area contributed by atoms with Gasteiger partial charge in [0.15, 0.2) is 0 Å². The molecule has 0 saturated heterocycles. The molecule has 0 saturated carbocycles. The predicted octanol–water partition coefficient (Wildman–Crippen LogP) is 4.39. The second-order valence-electron chi connectivity index (χ2n) is 3.58. The number of hydrogen-bond donors (Lipinski definition) is 0. The fourth-order valence-electron chi connectivity index (χ4n) is 1.49. The van der Waals surface area contributed by atoms with Crippen LogP contribution < -0.4 is 4.74 Å². The number of ether oxygens (including phenoxy) is 1. The Bertz CT molecular complexity index is 514. The van der Waals surface area contributed by atoms with Crippen LogP contribution in [0.1, 0.15) is 0 Å². The third kappa shape index (κ3) is 3.23. The van der Waals surface area contributed by atoms with Crippen molar-refractivity contribution in [3.8, 4) is 16.9 Å². The minimum absolute atomic E-state index is 0.284. The number of alkyl halides is 3. The summed E-state index contributed by atoms with van der Waals surface area (Å²) in [5.74, 6) is -0.649. The first-order valence-electron chi connectivity index (χ1n) is 5.06. The molecule has 1 nitrogen and oxygen atoms in total. The average molecular weight is 256 g/mol. The molecule has 0 heterocycles. The lowest BCUT2D eigenvalue weighted by Crippen LogP contribution is -2.16. The van der Waals surface area contributed by atoms with Gasteiger partial charge in [0.1, 0.15) is 11.6 Å². The predicted molar refractivity (Wildman–Crippen MR) is 58.5 cm³/mol. The van der Waals surface area contributed by atoms with E-state index in [1.54, 1.807) is 12.1 Å². The summed E-state index contributed by atoms with van der Waals surface area (Å²) < 4.78 is 52.3. The molecule has 0 amide bonds.